The normalized spacial score (nSPS) is 13.9. The van der Waals surface area contributed by atoms with Crippen LogP contribution in [-0.2, 0) is 17.8 Å². The fraction of sp³-hybridized carbons (Fsp3) is 0.250. The molecule has 35 heavy (non-hydrogen) atoms. The third-order valence-electron chi connectivity index (χ3n) is 6.06. The zero-order valence-corrected chi connectivity index (χ0v) is 19.6. The van der Waals surface area contributed by atoms with Crippen LogP contribution in [0.25, 0.3) is 5.65 Å². The molecule has 178 valence electrons. The number of carbonyl (C=O) groups excluding carboxylic acids is 2. The van der Waals surface area contributed by atoms with Crippen LogP contribution in [0.2, 0.25) is 0 Å². The SMILES string of the molecule is Cc1cccn2cc(COc3ccc(C(=O)NC(Cc4ccccc4)C(=O)NC4CC4)cc3)nc12. The number of carbonyl (C=O) groups is 2. The number of fused-ring (bicyclic) bond motifs is 1. The molecule has 1 aliphatic rings. The number of hydrogen-bond acceptors (Lipinski definition) is 4. The molecule has 0 radical (unpaired) electrons. The van der Waals surface area contributed by atoms with Gasteiger partial charge in [-0.25, -0.2) is 4.98 Å². The van der Waals surface area contributed by atoms with E-state index in [1.54, 1.807) is 24.3 Å². The average molecular weight is 469 g/mol. The van der Waals surface area contributed by atoms with Crippen LogP contribution in [0.1, 0.15) is 40.0 Å². The maximum Gasteiger partial charge on any atom is 0.251 e. The maximum atomic E-state index is 12.9. The molecular weight excluding hydrogens is 440 g/mol. The number of amides is 2. The Hall–Kier alpha value is -4.13. The minimum Gasteiger partial charge on any atom is -0.487 e. The van der Waals surface area contributed by atoms with E-state index < -0.39 is 6.04 Å². The Labute approximate surface area is 204 Å². The predicted octanol–water partition coefficient (Wildman–Crippen LogP) is 3.84. The van der Waals surface area contributed by atoms with Crippen LogP contribution in [-0.4, -0.2) is 33.3 Å². The minimum absolute atomic E-state index is 0.146. The lowest BCUT2D eigenvalue weighted by Gasteiger charge is -2.19. The fourth-order valence-electron chi connectivity index (χ4n) is 3.96. The van der Waals surface area contributed by atoms with Crippen molar-refractivity contribution in [2.45, 2.75) is 44.9 Å². The first-order valence-corrected chi connectivity index (χ1v) is 11.9. The molecule has 7 nitrogen and oxygen atoms in total. The standard InChI is InChI=1S/C28H28N4O3/c1-19-6-5-15-32-17-23(29-26(19)32)18-35-24-13-9-21(10-14-24)27(33)31-25(28(34)30-22-11-12-22)16-20-7-3-2-4-8-20/h2-10,13-15,17,22,25H,11-12,16,18H2,1H3,(H,30,34)(H,31,33). The van der Waals surface area contributed by atoms with E-state index in [0.717, 1.165) is 35.3 Å². The first-order valence-electron chi connectivity index (χ1n) is 11.9. The van der Waals surface area contributed by atoms with Crippen molar-refractivity contribution in [3.8, 4) is 5.75 Å². The number of rotatable bonds is 9. The van der Waals surface area contributed by atoms with E-state index >= 15 is 0 Å². The van der Waals surface area contributed by atoms with Crippen molar-refractivity contribution in [3.63, 3.8) is 0 Å². The highest BCUT2D eigenvalue weighted by molar-refractivity contribution is 5.97. The summed E-state index contributed by atoms with van der Waals surface area (Å²) in [6.07, 6.45) is 6.33. The number of aromatic nitrogens is 2. The van der Waals surface area contributed by atoms with Crippen LogP contribution in [0.3, 0.4) is 0 Å². The quantitative estimate of drug-likeness (QED) is 0.391. The van der Waals surface area contributed by atoms with Crippen LogP contribution < -0.4 is 15.4 Å². The molecule has 4 aromatic rings. The number of ether oxygens (including phenoxy) is 1. The minimum atomic E-state index is -0.639. The van der Waals surface area contributed by atoms with Crippen molar-refractivity contribution in [2.75, 3.05) is 0 Å². The second-order valence-electron chi connectivity index (χ2n) is 8.97. The van der Waals surface area contributed by atoms with Crippen LogP contribution >= 0.6 is 0 Å². The van der Waals surface area contributed by atoms with Crippen LogP contribution in [0.15, 0.2) is 79.1 Å². The smallest absolute Gasteiger partial charge is 0.251 e. The molecule has 2 N–H and O–H groups in total. The van der Waals surface area contributed by atoms with Crippen LogP contribution in [0.5, 0.6) is 5.75 Å². The van der Waals surface area contributed by atoms with Gasteiger partial charge in [-0.15, -0.1) is 0 Å². The van der Waals surface area contributed by atoms with E-state index in [4.69, 9.17) is 4.74 Å². The van der Waals surface area contributed by atoms with Crippen molar-refractivity contribution >= 4 is 17.5 Å². The third kappa shape index (κ3) is 5.69. The summed E-state index contributed by atoms with van der Waals surface area (Å²) in [5.74, 6) is 0.203. The van der Waals surface area contributed by atoms with E-state index in [0.29, 0.717) is 24.3 Å². The summed E-state index contributed by atoms with van der Waals surface area (Å²) in [7, 11) is 0. The Kier molecular flexibility index (Phi) is 6.48. The van der Waals surface area contributed by atoms with Crippen molar-refractivity contribution in [3.05, 3.63) is 102 Å². The van der Waals surface area contributed by atoms with Gasteiger partial charge in [0.2, 0.25) is 5.91 Å². The predicted molar refractivity (Wildman–Crippen MR) is 133 cm³/mol. The summed E-state index contributed by atoms with van der Waals surface area (Å²) >= 11 is 0. The molecule has 1 unspecified atom stereocenters. The van der Waals surface area contributed by atoms with E-state index in [1.807, 2.05) is 66.2 Å². The monoisotopic (exact) mass is 468 g/mol. The lowest BCUT2D eigenvalue weighted by molar-refractivity contribution is -0.123. The molecule has 1 saturated carbocycles. The first-order chi connectivity index (χ1) is 17.0. The highest BCUT2D eigenvalue weighted by Crippen LogP contribution is 2.19. The Morgan fingerprint density at radius 2 is 1.83 bits per heavy atom. The molecule has 1 aliphatic carbocycles. The number of nitrogens with one attached hydrogen (secondary N) is 2. The number of pyridine rings is 1. The zero-order chi connectivity index (χ0) is 24.2. The molecule has 2 aromatic carbocycles. The van der Waals surface area contributed by atoms with E-state index in [2.05, 4.69) is 15.6 Å². The lowest BCUT2D eigenvalue weighted by atomic mass is 10.0. The number of hydrogen-bond donors (Lipinski definition) is 2. The lowest BCUT2D eigenvalue weighted by Crippen LogP contribution is -2.48. The summed E-state index contributed by atoms with van der Waals surface area (Å²) in [6.45, 7) is 2.35. The molecule has 0 bridgehead atoms. The van der Waals surface area contributed by atoms with Crippen molar-refractivity contribution in [2.24, 2.45) is 0 Å². The highest BCUT2D eigenvalue weighted by Gasteiger charge is 2.28. The summed E-state index contributed by atoms with van der Waals surface area (Å²) in [6, 6.07) is 20.2. The van der Waals surface area contributed by atoms with Gasteiger partial charge in [-0.1, -0.05) is 36.4 Å². The molecule has 0 aliphatic heterocycles. The summed E-state index contributed by atoms with van der Waals surface area (Å²) in [5, 5.41) is 5.91. The number of imidazole rings is 1. The molecule has 2 aromatic heterocycles. The zero-order valence-electron chi connectivity index (χ0n) is 19.6. The van der Waals surface area contributed by atoms with Gasteiger partial charge in [0.15, 0.2) is 0 Å². The Bertz CT molecular complexity index is 1330. The fourth-order valence-corrected chi connectivity index (χ4v) is 3.96. The Morgan fingerprint density at radius 3 is 2.54 bits per heavy atom. The maximum absolute atomic E-state index is 12.9. The van der Waals surface area contributed by atoms with Gasteiger partial charge in [-0.3, -0.25) is 9.59 Å². The van der Waals surface area contributed by atoms with Gasteiger partial charge >= 0.3 is 0 Å². The second kappa shape index (κ2) is 10.0. The molecule has 2 amide bonds. The molecule has 7 heteroatoms. The van der Waals surface area contributed by atoms with Gasteiger partial charge < -0.3 is 19.8 Å². The summed E-state index contributed by atoms with van der Waals surface area (Å²) in [5.41, 5.74) is 4.30. The highest BCUT2D eigenvalue weighted by atomic mass is 16.5. The Morgan fingerprint density at radius 1 is 1.06 bits per heavy atom. The van der Waals surface area contributed by atoms with E-state index in [1.165, 1.54) is 0 Å². The second-order valence-corrected chi connectivity index (χ2v) is 8.97. The Balaban J connectivity index is 1.21. The average Bonchev–Trinajstić information content (AvgIpc) is 3.58. The number of aryl methyl sites for hydroxylation is 1. The number of nitrogens with zero attached hydrogens (tertiary/aromatic N) is 2. The molecular formula is C28H28N4O3. The summed E-state index contributed by atoms with van der Waals surface area (Å²) in [4.78, 5) is 30.3. The van der Waals surface area contributed by atoms with E-state index in [-0.39, 0.29) is 17.9 Å². The number of benzene rings is 2. The molecule has 1 fully saturated rings. The van der Waals surface area contributed by atoms with E-state index in [9.17, 15) is 9.59 Å². The van der Waals surface area contributed by atoms with Crippen LogP contribution in [0.4, 0.5) is 0 Å². The van der Waals surface area contributed by atoms with Crippen molar-refractivity contribution < 1.29 is 14.3 Å². The van der Waals surface area contributed by atoms with Crippen molar-refractivity contribution in [1.29, 1.82) is 0 Å². The molecule has 5 rings (SSSR count). The van der Waals surface area contributed by atoms with Gasteiger partial charge in [-0.05, 0) is 61.2 Å². The molecule has 0 spiro atoms. The third-order valence-corrected chi connectivity index (χ3v) is 6.06. The molecule has 1 atom stereocenters. The van der Waals surface area contributed by atoms with Gasteiger partial charge in [0.25, 0.3) is 5.91 Å². The topological polar surface area (TPSA) is 84.7 Å². The summed E-state index contributed by atoms with van der Waals surface area (Å²) < 4.78 is 7.85. The largest absolute Gasteiger partial charge is 0.487 e. The molecule has 2 heterocycles. The van der Waals surface area contributed by atoms with Crippen LogP contribution in [0, 0.1) is 6.92 Å². The van der Waals surface area contributed by atoms with Gasteiger partial charge in [0.1, 0.15) is 24.0 Å². The van der Waals surface area contributed by atoms with Gasteiger partial charge in [-0.2, -0.15) is 0 Å². The van der Waals surface area contributed by atoms with Gasteiger partial charge in [0.05, 0.1) is 5.69 Å². The van der Waals surface area contributed by atoms with Gasteiger partial charge in [0, 0.05) is 30.4 Å². The van der Waals surface area contributed by atoms with Crippen molar-refractivity contribution in [1.82, 2.24) is 20.0 Å². The molecule has 0 saturated heterocycles. The first kappa shape index (κ1) is 22.7.